The third-order valence-corrected chi connectivity index (χ3v) is 4.08. The highest BCUT2D eigenvalue weighted by Crippen LogP contribution is 2.23. The van der Waals surface area contributed by atoms with Gasteiger partial charge in [0.15, 0.2) is 0 Å². The number of fused-ring (bicyclic) bond motifs is 1. The molecule has 0 aliphatic heterocycles. The first-order valence-corrected chi connectivity index (χ1v) is 7.82. The number of aromatic amines is 1. The maximum atomic E-state index is 4.81. The van der Waals surface area contributed by atoms with Gasteiger partial charge in [-0.25, -0.2) is 4.98 Å². The summed E-state index contributed by atoms with van der Waals surface area (Å²) in [6.07, 6.45) is 5.59. The van der Waals surface area contributed by atoms with Crippen molar-refractivity contribution < 1.29 is 0 Å². The summed E-state index contributed by atoms with van der Waals surface area (Å²) in [5.41, 5.74) is 5.85. The van der Waals surface area contributed by atoms with Gasteiger partial charge in [-0.3, -0.25) is 4.98 Å². The van der Waals surface area contributed by atoms with E-state index < -0.39 is 0 Å². The molecule has 0 aliphatic carbocycles. The highest BCUT2D eigenvalue weighted by Gasteiger charge is 2.08. The second-order valence-electron chi connectivity index (χ2n) is 5.62. The fourth-order valence-electron chi connectivity index (χ4n) is 2.86. The van der Waals surface area contributed by atoms with Crippen LogP contribution < -0.4 is 0 Å². The Morgan fingerprint density at radius 3 is 2.43 bits per heavy atom. The van der Waals surface area contributed by atoms with Crippen LogP contribution in [0.15, 0.2) is 73.1 Å². The van der Waals surface area contributed by atoms with Crippen molar-refractivity contribution in [2.45, 2.75) is 12.8 Å². The van der Waals surface area contributed by atoms with Gasteiger partial charge in [0.1, 0.15) is 5.82 Å². The number of nitrogens with zero attached hydrogens (tertiary/aromatic N) is 2. The zero-order chi connectivity index (χ0) is 15.5. The standard InChI is InChI=1S/C20H17N3/c1-2-5-15(6-3-1)9-10-16-7-4-8-18-19(16)23-20(22-18)17-11-13-21-14-12-17/h1-8,11-14H,9-10H2,(H,22,23). The molecule has 3 heteroatoms. The van der Waals surface area contributed by atoms with Crippen molar-refractivity contribution in [3.05, 3.63) is 84.2 Å². The van der Waals surface area contributed by atoms with Gasteiger partial charge in [0.2, 0.25) is 0 Å². The van der Waals surface area contributed by atoms with Crippen LogP contribution >= 0.6 is 0 Å². The molecule has 0 saturated carbocycles. The van der Waals surface area contributed by atoms with E-state index in [1.165, 1.54) is 11.1 Å². The van der Waals surface area contributed by atoms with Crippen LogP contribution in [-0.4, -0.2) is 15.0 Å². The molecule has 3 nitrogen and oxygen atoms in total. The lowest BCUT2D eigenvalue weighted by atomic mass is 10.0. The molecule has 0 amide bonds. The fraction of sp³-hybridized carbons (Fsp3) is 0.100. The molecule has 4 rings (SSSR count). The van der Waals surface area contributed by atoms with Gasteiger partial charge in [-0.05, 0) is 42.2 Å². The summed E-state index contributed by atoms with van der Waals surface area (Å²) in [5, 5.41) is 0. The van der Waals surface area contributed by atoms with Crippen LogP contribution in [-0.2, 0) is 12.8 Å². The number of H-pyrrole nitrogens is 1. The van der Waals surface area contributed by atoms with Gasteiger partial charge in [-0.2, -0.15) is 0 Å². The Labute approximate surface area is 135 Å². The molecule has 112 valence electrons. The Kier molecular flexibility index (Phi) is 3.60. The number of imidazole rings is 1. The second-order valence-corrected chi connectivity index (χ2v) is 5.62. The predicted octanol–water partition coefficient (Wildman–Crippen LogP) is 4.41. The SMILES string of the molecule is c1ccc(CCc2cccc3[nH]c(-c4ccncc4)nc23)cc1. The first kappa shape index (κ1) is 13.7. The Balaban J connectivity index is 1.66. The van der Waals surface area contributed by atoms with Crippen LogP contribution in [0.4, 0.5) is 0 Å². The van der Waals surface area contributed by atoms with E-state index in [2.05, 4.69) is 58.5 Å². The zero-order valence-electron chi connectivity index (χ0n) is 12.7. The van der Waals surface area contributed by atoms with Crippen molar-refractivity contribution in [2.24, 2.45) is 0 Å². The van der Waals surface area contributed by atoms with Gasteiger partial charge >= 0.3 is 0 Å². The topological polar surface area (TPSA) is 41.6 Å². The second kappa shape index (κ2) is 6.05. The molecule has 1 N–H and O–H groups in total. The van der Waals surface area contributed by atoms with E-state index in [1.807, 2.05) is 12.1 Å². The quantitative estimate of drug-likeness (QED) is 0.606. The van der Waals surface area contributed by atoms with Gasteiger partial charge in [0.05, 0.1) is 11.0 Å². The average Bonchev–Trinajstić information content (AvgIpc) is 3.06. The highest BCUT2D eigenvalue weighted by atomic mass is 14.9. The van der Waals surface area contributed by atoms with E-state index in [0.29, 0.717) is 0 Å². The molecule has 0 unspecified atom stereocenters. The number of hydrogen-bond acceptors (Lipinski definition) is 2. The van der Waals surface area contributed by atoms with Crippen LogP contribution in [0.2, 0.25) is 0 Å². The first-order chi connectivity index (χ1) is 11.4. The lowest BCUT2D eigenvalue weighted by Crippen LogP contribution is -1.92. The van der Waals surface area contributed by atoms with Gasteiger partial charge in [-0.15, -0.1) is 0 Å². The minimum atomic E-state index is 0.898. The molecule has 0 radical (unpaired) electrons. The van der Waals surface area contributed by atoms with Crippen LogP contribution in [0.1, 0.15) is 11.1 Å². The number of aryl methyl sites for hydroxylation is 2. The van der Waals surface area contributed by atoms with Crippen LogP contribution in [0.5, 0.6) is 0 Å². The van der Waals surface area contributed by atoms with Crippen molar-refractivity contribution in [3.63, 3.8) is 0 Å². The van der Waals surface area contributed by atoms with Crippen molar-refractivity contribution in [2.75, 3.05) is 0 Å². The maximum Gasteiger partial charge on any atom is 0.138 e. The molecule has 0 bridgehead atoms. The molecule has 0 saturated heterocycles. The lowest BCUT2D eigenvalue weighted by Gasteiger charge is -2.03. The van der Waals surface area contributed by atoms with E-state index in [-0.39, 0.29) is 0 Å². The summed E-state index contributed by atoms with van der Waals surface area (Å²) in [4.78, 5) is 12.3. The Morgan fingerprint density at radius 2 is 1.61 bits per heavy atom. The Morgan fingerprint density at radius 1 is 0.783 bits per heavy atom. The molecular weight excluding hydrogens is 282 g/mol. The van der Waals surface area contributed by atoms with E-state index >= 15 is 0 Å². The summed E-state index contributed by atoms with van der Waals surface area (Å²) >= 11 is 0. The van der Waals surface area contributed by atoms with E-state index in [9.17, 15) is 0 Å². The number of aromatic nitrogens is 3. The lowest BCUT2D eigenvalue weighted by molar-refractivity contribution is 0.966. The van der Waals surface area contributed by atoms with E-state index in [0.717, 1.165) is 35.3 Å². The van der Waals surface area contributed by atoms with E-state index in [1.54, 1.807) is 12.4 Å². The zero-order valence-corrected chi connectivity index (χ0v) is 12.7. The molecule has 0 spiro atoms. The summed E-state index contributed by atoms with van der Waals surface area (Å²) in [6, 6.07) is 20.9. The van der Waals surface area contributed by atoms with Crippen molar-refractivity contribution in [3.8, 4) is 11.4 Å². The third-order valence-electron chi connectivity index (χ3n) is 4.08. The number of pyridine rings is 1. The normalized spacial score (nSPS) is 11.0. The number of para-hydroxylation sites is 1. The summed E-state index contributed by atoms with van der Waals surface area (Å²) in [6.45, 7) is 0. The first-order valence-electron chi connectivity index (χ1n) is 7.82. The minimum Gasteiger partial charge on any atom is -0.338 e. The summed E-state index contributed by atoms with van der Waals surface area (Å²) in [5.74, 6) is 0.898. The van der Waals surface area contributed by atoms with Gasteiger partial charge in [0, 0.05) is 18.0 Å². The number of hydrogen-bond donors (Lipinski definition) is 1. The average molecular weight is 299 g/mol. The molecule has 0 atom stereocenters. The monoisotopic (exact) mass is 299 g/mol. The largest absolute Gasteiger partial charge is 0.338 e. The summed E-state index contributed by atoms with van der Waals surface area (Å²) in [7, 11) is 0. The molecule has 23 heavy (non-hydrogen) atoms. The van der Waals surface area contributed by atoms with Crippen LogP contribution in [0.25, 0.3) is 22.4 Å². The number of rotatable bonds is 4. The van der Waals surface area contributed by atoms with E-state index in [4.69, 9.17) is 4.98 Å². The van der Waals surface area contributed by atoms with Gasteiger partial charge in [0.25, 0.3) is 0 Å². The molecule has 2 aromatic carbocycles. The van der Waals surface area contributed by atoms with Crippen molar-refractivity contribution in [1.29, 1.82) is 0 Å². The summed E-state index contributed by atoms with van der Waals surface area (Å²) < 4.78 is 0. The molecule has 2 heterocycles. The highest BCUT2D eigenvalue weighted by molar-refractivity contribution is 5.82. The molecule has 0 aliphatic rings. The molecule has 0 fully saturated rings. The Hall–Kier alpha value is -2.94. The maximum absolute atomic E-state index is 4.81. The van der Waals surface area contributed by atoms with Crippen molar-refractivity contribution in [1.82, 2.24) is 15.0 Å². The Bertz CT molecular complexity index is 911. The number of nitrogens with one attached hydrogen (secondary N) is 1. The predicted molar refractivity (Wildman–Crippen MR) is 93.2 cm³/mol. The van der Waals surface area contributed by atoms with Gasteiger partial charge in [-0.1, -0.05) is 42.5 Å². The van der Waals surface area contributed by atoms with Gasteiger partial charge < -0.3 is 4.98 Å². The van der Waals surface area contributed by atoms with Crippen molar-refractivity contribution >= 4 is 11.0 Å². The number of benzene rings is 2. The van der Waals surface area contributed by atoms with Crippen LogP contribution in [0, 0.1) is 0 Å². The molecule has 4 aromatic rings. The third kappa shape index (κ3) is 2.86. The minimum absolute atomic E-state index is 0.898. The fourth-order valence-corrected chi connectivity index (χ4v) is 2.86. The smallest absolute Gasteiger partial charge is 0.138 e. The van der Waals surface area contributed by atoms with Crippen LogP contribution in [0.3, 0.4) is 0 Å². The molecule has 2 aromatic heterocycles. The molecular formula is C20H17N3.